The molecule has 0 fully saturated rings. The average molecular weight is 242 g/mol. The molecule has 94 valence electrons. The van der Waals surface area contributed by atoms with Crippen molar-refractivity contribution in [1.82, 2.24) is 0 Å². The Morgan fingerprint density at radius 2 is 2.28 bits per heavy atom. The highest BCUT2D eigenvalue weighted by Crippen LogP contribution is 2.35. The van der Waals surface area contributed by atoms with Crippen LogP contribution in [0.15, 0.2) is 22.1 Å². The first-order valence-electron chi connectivity index (χ1n) is 6.59. The van der Waals surface area contributed by atoms with Gasteiger partial charge < -0.3 is 4.74 Å². The third-order valence-corrected chi connectivity index (χ3v) is 3.73. The summed E-state index contributed by atoms with van der Waals surface area (Å²) >= 11 is 0. The van der Waals surface area contributed by atoms with Crippen molar-refractivity contribution in [1.29, 1.82) is 0 Å². The van der Waals surface area contributed by atoms with Crippen molar-refractivity contribution < 1.29 is 4.74 Å². The summed E-state index contributed by atoms with van der Waals surface area (Å²) in [5, 5.41) is 0. The van der Waals surface area contributed by atoms with E-state index in [1.807, 2.05) is 0 Å². The molecule has 0 aromatic heterocycles. The number of hydrogen-bond donors (Lipinski definition) is 0. The fourth-order valence-corrected chi connectivity index (χ4v) is 2.71. The molecule has 2 aliphatic rings. The van der Waals surface area contributed by atoms with E-state index in [1.165, 1.54) is 23.1 Å². The topological polar surface area (TPSA) is 34.0 Å². The van der Waals surface area contributed by atoms with Crippen LogP contribution in [0.3, 0.4) is 0 Å². The summed E-state index contributed by atoms with van der Waals surface area (Å²) in [4.78, 5) is 8.73. The second kappa shape index (κ2) is 4.56. The van der Waals surface area contributed by atoms with Crippen LogP contribution < -0.4 is 0 Å². The van der Waals surface area contributed by atoms with Gasteiger partial charge >= 0.3 is 6.02 Å². The lowest BCUT2D eigenvalue weighted by atomic mass is 9.83. The highest BCUT2D eigenvalue weighted by atomic mass is 16.5. The van der Waals surface area contributed by atoms with Gasteiger partial charge in [-0.2, -0.15) is 4.99 Å². The van der Waals surface area contributed by atoms with E-state index in [1.54, 1.807) is 6.21 Å². The minimum atomic E-state index is 0.505. The number of nitrogens with zero attached hydrogens (tertiary/aromatic N) is 2. The van der Waals surface area contributed by atoms with Crippen LogP contribution in [-0.4, -0.2) is 18.8 Å². The summed E-state index contributed by atoms with van der Waals surface area (Å²) in [6.07, 6.45) is 5.29. The Bertz CT molecular complexity index is 532. The summed E-state index contributed by atoms with van der Waals surface area (Å²) in [5.41, 5.74) is 5.13. The molecule has 18 heavy (non-hydrogen) atoms. The molecule has 1 aliphatic heterocycles. The van der Waals surface area contributed by atoms with Crippen LogP contribution in [0.2, 0.25) is 0 Å². The van der Waals surface area contributed by atoms with E-state index >= 15 is 0 Å². The van der Waals surface area contributed by atoms with Crippen molar-refractivity contribution in [2.75, 3.05) is 6.61 Å². The SMILES string of the molecule is Cc1ccc2c(c1N=C1N=CCO1)CCC(C)C2. The standard InChI is InChI=1S/C15H18N2O/c1-10-3-6-13-12(9-10)5-4-11(2)14(13)17-15-16-7-8-18-15/h4-5,7,10H,3,6,8-9H2,1-2H3. The molecule has 0 bridgehead atoms. The third-order valence-electron chi connectivity index (χ3n) is 3.73. The van der Waals surface area contributed by atoms with E-state index in [-0.39, 0.29) is 0 Å². The molecule has 3 heteroatoms. The van der Waals surface area contributed by atoms with Gasteiger partial charge in [0.25, 0.3) is 0 Å². The largest absolute Gasteiger partial charge is 0.458 e. The molecule has 1 aromatic rings. The molecule has 0 N–H and O–H groups in total. The van der Waals surface area contributed by atoms with Crippen LogP contribution in [-0.2, 0) is 17.6 Å². The van der Waals surface area contributed by atoms with Crippen molar-refractivity contribution in [3.8, 4) is 0 Å². The lowest BCUT2D eigenvalue weighted by molar-refractivity contribution is 0.377. The number of hydrogen-bond acceptors (Lipinski definition) is 2. The van der Waals surface area contributed by atoms with Crippen molar-refractivity contribution >= 4 is 17.9 Å². The minimum absolute atomic E-state index is 0.505. The molecule has 0 radical (unpaired) electrons. The maximum Gasteiger partial charge on any atom is 0.317 e. The second-order valence-corrected chi connectivity index (χ2v) is 5.23. The summed E-state index contributed by atoms with van der Waals surface area (Å²) < 4.78 is 5.35. The average Bonchev–Trinajstić information content (AvgIpc) is 2.86. The van der Waals surface area contributed by atoms with Gasteiger partial charge in [0, 0.05) is 6.21 Å². The monoisotopic (exact) mass is 242 g/mol. The fraction of sp³-hybridized carbons (Fsp3) is 0.467. The number of fused-ring (bicyclic) bond motifs is 1. The zero-order valence-electron chi connectivity index (χ0n) is 10.9. The van der Waals surface area contributed by atoms with Gasteiger partial charge in [0.2, 0.25) is 0 Å². The van der Waals surface area contributed by atoms with Crippen molar-refractivity contribution in [2.45, 2.75) is 33.1 Å². The highest BCUT2D eigenvalue weighted by Gasteiger charge is 2.19. The number of rotatable bonds is 1. The summed E-state index contributed by atoms with van der Waals surface area (Å²) in [6.45, 7) is 4.97. The van der Waals surface area contributed by atoms with Crippen LogP contribution >= 0.6 is 0 Å². The Hall–Kier alpha value is -1.64. The molecule has 0 saturated heterocycles. The van der Waals surface area contributed by atoms with Gasteiger partial charge in [0.1, 0.15) is 6.61 Å². The van der Waals surface area contributed by atoms with E-state index in [9.17, 15) is 0 Å². The Kier molecular flexibility index (Phi) is 2.90. The molecule has 1 heterocycles. The van der Waals surface area contributed by atoms with E-state index in [0.29, 0.717) is 12.6 Å². The van der Waals surface area contributed by atoms with Crippen LogP contribution in [0.1, 0.15) is 30.0 Å². The van der Waals surface area contributed by atoms with Crippen LogP contribution in [0, 0.1) is 12.8 Å². The van der Waals surface area contributed by atoms with Gasteiger partial charge in [0.05, 0.1) is 5.69 Å². The fourth-order valence-electron chi connectivity index (χ4n) is 2.71. The number of ether oxygens (including phenoxy) is 1. The molecule has 1 aliphatic carbocycles. The zero-order chi connectivity index (χ0) is 12.5. The normalized spacial score (nSPS) is 24.1. The molecule has 0 saturated carbocycles. The lowest BCUT2D eigenvalue weighted by Crippen LogP contribution is -2.12. The van der Waals surface area contributed by atoms with E-state index < -0.39 is 0 Å². The molecular weight excluding hydrogens is 224 g/mol. The maximum absolute atomic E-state index is 5.35. The van der Waals surface area contributed by atoms with Crippen molar-refractivity contribution in [3.63, 3.8) is 0 Å². The maximum atomic E-state index is 5.35. The number of amidine groups is 1. The van der Waals surface area contributed by atoms with E-state index in [0.717, 1.165) is 24.4 Å². The van der Waals surface area contributed by atoms with Crippen LogP contribution in [0.4, 0.5) is 5.69 Å². The lowest BCUT2D eigenvalue weighted by Gasteiger charge is -2.23. The molecule has 1 unspecified atom stereocenters. The second-order valence-electron chi connectivity index (χ2n) is 5.23. The van der Waals surface area contributed by atoms with Crippen molar-refractivity contribution in [2.24, 2.45) is 15.9 Å². The van der Waals surface area contributed by atoms with Gasteiger partial charge in [-0.05, 0) is 48.8 Å². The Balaban J connectivity index is 2.05. The van der Waals surface area contributed by atoms with Gasteiger partial charge in [-0.3, -0.25) is 0 Å². The Morgan fingerprint density at radius 3 is 3.06 bits per heavy atom. The smallest absolute Gasteiger partial charge is 0.317 e. The number of benzene rings is 1. The van der Waals surface area contributed by atoms with Gasteiger partial charge in [-0.1, -0.05) is 19.1 Å². The first-order chi connectivity index (χ1) is 8.74. The number of aryl methyl sites for hydroxylation is 1. The summed E-state index contributed by atoms with van der Waals surface area (Å²) in [6, 6.07) is 4.92. The first-order valence-corrected chi connectivity index (χ1v) is 6.59. The molecule has 1 aromatic carbocycles. The van der Waals surface area contributed by atoms with Gasteiger partial charge in [-0.25, -0.2) is 4.99 Å². The Morgan fingerprint density at radius 1 is 1.39 bits per heavy atom. The number of aliphatic imine (C=N–C) groups is 2. The predicted molar refractivity (Wildman–Crippen MR) is 73.9 cm³/mol. The van der Waals surface area contributed by atoms with Crippen LogP contribution in [0.5, 0.6) is 0 Å². The Labute approximate surface area is 108 Å². The molecule has 3 nitrogen and oxygen atoms in total. The van der Waals surface area contributed by atoms with Crippen molar-refractivity contribution in [3.05, 3.63) is 28.8 Å². The minimum Gasteiger partial charge on any atom is -0.458 e. The summed E-state index contributed by atoms with van der Waals surface area (Å²) in [7, 11) is 0. The third kappa shape index (κ3) is 2.05. The molecule has 0 amide bonds. The summed E-state index contributed by atoms with van der Waals surface area (Å²) in [5.74, 6) is 0.779. The molecule has 3 rings (SSSR count). The van der Waals surface area contributed by atoms with E-state index in [4.69, 9.17) is 4.74 Å². The molecule has 0 spiro atoms. The van der Waals surface area contributed by atoms with Gasteiger partial charge in [-0.15, -0.1) is 0 Å². The first kappa shape index (κ1) is 11.5. The predicted octanol–water partition coefficient (Wildman–Crippen LogP) is 3.21. The highest BCUT2D eigenvalue weighted by molar-refractivity contribution is 5.90. The molecular formula is C15H18N2O. The molecule has 1 atom stereocenters. The zero-order valence-corrected chi connectivity index (χ0v) is 10.9. The van der Waals surface area contributed by atoms with E-state index in [2.05, 4.69) is 36.0 Å². The van der Waals surface area contributed by atoms with Gasteiger partial charge in [0.15, 0.2) is 0 Å². The van der Waals surface area contributed by atoms with Crippen LogP contribution in [0.25, 0.3) is 0 Å². The quantitative estimate of drug-likeness (QED) is 0.744.